The quantitative estimate of drug-likeness (QED) is 0.790. The predicted octanol–water partition coefficient (Wildman–Crippen LogP) is 2.06. The van der Waals surface area contributed by atoms with Gasteiger partial charge < -0.3 is 9.84 Å². The third-order valence-corrected chi connectivity index (χ3v) is 3.32. The van der Waals surface area contributed by atoms with Gasteiger partial charge in [0.15, 0.2) is 0 Å². The summed E-state index contributed by atoms with van der Waals surface area (Å²) >= 11 is 0. The number of fused-ring (bicyclic) bond motifs is 1. The fraction of sp³-hybridized carbons (Fsp3) is 0.200. The third-order valence-electron chi connectivity index (χ3n) is 3.32. The molecular formula is C15H15N3O2. The molecule has 3 aromatic rings. The van der Waals surface area contributed by atoms with Crippen molar-refractivity contribution in [1.82, 2.24) is 14.8 Å². The Balaban J connectivity index is 2.15. The summed E-state index contributed by atoms with van der Waals surface area (Å²) < 4.78 is 7.00. The van der Waals surface area contributed by atoms with E-state index in [1.54, 1.807) is 30.1 Å². The van der Waals surface area contributed by atoms with Crippen LogP contribution in [0.1, 0.15) is 17.5 Å². The summed E-state index contributed by atoms with van der Waals surface area (Å²) in [6.45, 7) is 0. The number of aliphatic hydroxyl groups is 1. The summed E-state index contributed by atoms with van der Waals surface area (Å²) in [4.78, 5) is 4.22. The molecule has 102 valence electrons. The minimum absolute atomic E-state index is 0.471. The van der Waals surface area contributed by atoms with E-state index in [0.717, 1.165) is 10.9 Å². The normalized spacial score (nSPS) is 12.6. The van der Waals surface area contributed by atoms with Gasteiger partial charge in [0.1, 0.15) is 23.2 Å². The van der Waals surface area contributed by atoms with Crippen LogP contribution in [0.2, 0.25) is 0 Å². The summed E-state index contributed by atoms with van der Waals surface area (Å²) in [6.07, 6.45) is 0.712. The highest BCUT2D eigenvalue weighted by molar-refractivity contribution is 5.82. The van der Waals surface area contributed by atoms with Gasteiger partial charge >= 0.3 is 0 Å². The van der Waals surface area contributed by atoms with Crippen LogP contribution in [0.5, 0.6) is 5.75 Å². The first-order chi connectivity index (χ1) is 9.72. The molecule has 0 aliphatic heterocycles. The van der Waals surface area contributed by atoms with Crippen LogP contribution in [-0.4, -0.2) is 27.0 Å². The number of benzene rings is 1. The molecule has 5 nitrogen and oxygen atoms in total. The van der Waals surface area contributed by atoms with Crippen LogP contribution in [0.15, 0.2) is 42.6 Å². The summed E-state index contributed by atoms with van der Waals surface area (Å²) in [7, 11) is 3.41. The molecule has 0 saturated carbocycles. The summed E-state index contributed by atoms with van der Waals surface area (Å²) in [6, 6.07) is 11.3. The number of para-hydroxylation sites is 1. The molecule has 0 fully saturated rings. The van der Waals surface area contributed by atoms with Crippen molar-refractivity contribution in [2.75, 3.05) is 7.11 Å². The minimum Gasteiger partial charge on any atom is -0.495 e. The molecule has 20 heavy (non-hydrogen) atoms. The fourth-order valence-electron chi connectivity index (χ4n) is 2.35. The first-order valence-electron chi connectivity index (χ1n) is 6.31. The second-order valence-electron chi connectivity index (χ2n) is 4.52. The number of rotatable bonds is 3. The van der Waals surface area contributed by atoms with Gasteiger partial charge in [0.05, 0.1) is 12.6 Å². The van der Waals surface area contributed by atoms with Gasteiger partial charge in [-0.1, -0.05) is 18.2 Å². The summed E-state index contributed by atoms with van der Waals surface area (Å²) in [5.41, 5.74) is 2.02. The number of methoxy groups -OCH3 is 1. The van der Waals surface area contributed by atoms with Gasteiger partial charge in [-0.2, -0.15) is 5.10 Å². The van der Waals surface area contributed by atoms with E-state index in [-0.39, 0.29) is 0 Å². The maximum Gasteiger partial charge on any atom is 0.144 e. The molecular weight excluding hydrogens is 254 g/mol. The molecule has 1 N–H and O–H groups in total. The Morgan fingerprint density at radius 2 is 1.95 bits per heavy atom. The molecule has 0 aliphatic carbocycles. The molecule has 0 bridgehead atoms. The van der Waals surface area contributed by atoms with Crippen molar-refractivity contribution in [1.29, 1.82) is 0 Å². The average molecular weight is 269 g/mol. The van der Waals surface area contributed by atoms with Crippen LogP contribution in [0, 0.1) is 0 Å². The molecule has 0 radical (unpaired) electrons. The van der Waals surface area contributed by atoms with Crippen molar-refractivity contribution >= 4 is 10.9 Å². The van der Waals surface area contributed by atoms with Gasteiger partial charge in [-0.05, 0) is 18.2 Å². The SMILES string of the molecule is COc1cccnc1C(O)c1nn(C)c2ccccc12. The van der Waals surface area contributed by atoms with Crippen LogP contribution >= 0.6 is 0 Å². The summed E-state index contributed by atoms with van der Waals surface area (Å²) in [5, 5.41) is 15.9. The lowest BCUT2D eigenvalue weighted by atomic mass is 10.1. The van der Waals surface area contributed by atoms with Gasteiger partial charge in [-0.3, -0.25) is 9.67 Å². The van der Waals surface area contributed by atoms with Crippen molar-refractivity contribution in [2.24, 2.45) is 7.05 Å². The van der Waals surface area contributed by atoms with Gasteiger partial charge in [0, 0.05) is 18.6 Å². The van der Waals surface area contributed by atoms with Crippen LogP contribution in [0.4, 0.5) is 0 Å². The van der Waals surface area contributed by atoms with E-state index in [2.05, 4.69) is 10.1 Å². The zero-order chi connectivity index (χ0) is 14.1. The van der Waals surface area contributed by atoms with Gasteiger partial charge in [-0.15, -0.1) is 0 Å². The van der Waals surface area contributed by atoms with E-state index in [4.69, 9.17) is 4.74 Å². The minimum atomic E-state index is -0.919. The molecule has 1 aromatic carbocycles. The zero-order valence-electron chi connectivity index (χ0n) is 11.3. The second-order valence-corrected chi connectivity index (χ2v) is 4.52. The van der Waals surface area contributed by atoms with E-state index < -0.39 is 6.10 Å². The zero-order valence-corrected chi connectivity index (χ0v) is 11.3. The molecule has 3 rings (SSSR count). The topological polar surface area (TPSA) is 60.2 Å². The van der Waals surface area contributed by atoms with Gasteiger partial charge in [0.25, 0.3) is 0 Å². The van der Waals surface area contributed by atoms with Crippen LogP contribution in [0.3, 0.4) is 0 Å². The van der Waals surface area contributed by atoms with Crippen molar-refractivity contribution in [3.05, 3.63) is 54.0 Å². The Morgan fingerprint density at radius 3 is 2.75 bits per heavy atom. The lowest BCUT2D eigenvalue weighted by Gasteiger charge is -2.11. The number of aromatic nitrogens is 3. The number of hydrogen-bond acceptors (Lipinski definition) is 4. The van der Waals surface area contributed by atoms with E-state index in [1.807, 2.05) is 31.3 Å². The number of aliphatic hydroxyl groups excluding tert-OH is 1. The monoisotopic (exact) mass is 269 g/mol. The lowest BCUT2D eigenvalue weighted by molar-refractivity contribution is 0.205. The average Bonchev–Trinajstić information content (AvgIpc) is 2.84. The molecule has 5 heteroatoms. The second kappa shape index (κ2) is 4.94. The molecule has 0 spiro atoms. The highest BCUT2D eigenvalue weighted by atomic mass is 16.5. The Labute approximate surface area is 116 Å². The third kappa shape index (κ3) is 1.92. The Hall–Kier alpha value is -2.40. The Morgan fingerprint density at radius 1 is 1.15 bits per heavy atom. The smallest absolute Gasteiger partial charge is 0.144 e. The van der Waals surface area contributed by atoms with E-state index in [9.17, 15) is 5.11 Å². The predicted molar refractivity (Wildman–Crippen MR) is 75.6 cm³/mol. The number of hydrogen-bond donors (Lipinski definition) is 1. The van der Waals surface area contributed by atoms with Crippen molar-refractivity contribution in [3.8, 4) is 5.75 Å². The molecule has 2 aromatic heterocycles. The number of aryl methyl sites for hydroxylation is 1. The number of nitrogens with zero attached hydrogens (tertiary/aromatic N) is 3. The highest BCUT2D eigenvalue weighted by Crippen LogP contribution is 2.31. The Kier molecular flexibility index (Phi) is 3.12. The maximum atomic E-state index is 10.6. The fourth-order valence-corrected chi connectivity index (χ4v) is 2.35. The molecule has 1 unspecified atom stereocenters. The van der Waals surface area contributed by atoms with Crippen LogP contribution < -0.4 is 4.74 Å². The highest BCUT2D eigenvalue weighted by Gasteiger charge is 2.22. The van der Waals surface area contributed by atoms with E-state index in [0.29, 0.717) is 17.1 Å². The van der Waals surface area contributed by atoms with Crippen molar-refractivity contribution in [2.45, 2.75) is 6.10 Å². The van der Waals surface area contributed by atoms with Crippen molar-refractivity contribution < 1.29 is 9.84 Å². The van der Waals surface area contributed by atoms with E-state index in [1.165, 1.54) is 0 Å². The van der Waals surface area contributed by atoms with Gasteiger partial charge in [-0.25, -0.2) is 0 Å². The first kappa shape index (κ1) is 12.6. The largest absolute Gasteiger partial charge is 0.495 e. The molecule has 0 amide bonds. The number of ether oxygens (including phenoxy) is 1. The molecule has 2 heterocycles. The molecule has 0 saturated heterocycles. The molecule has 0 aliphatic rings. The summed E-state index contributed by atoms with van der Waals surface area (Å²) in [5.74, 6) is 0.551. The maximum absolute atomic E-state index is 10.6. The lowest BCUT2D eigenvalue weighted by Crippen LogP contribution is -2.06. The number of pyridine rings is 1. The van der Waals surface area contributed by atoms with E-state index >= 15 is 0 Å². The Bertz CT molecular complexity index is 752. The van der Waals surface area contributed by atoms with Gasteiger partial charge in [0.2, 0.25) is 0 Å². The van der Waals surface area contributed by atoms with Crippen molar-refractivity contribution in [3.63, 3.8) is 0 Å². The standard InChI is InChI=1S/C15H15N3O2/c1-18-11-7-4-3-6-10(11)13(17-18)15(19)14-12(20-2)8-5-9-16-14/h3-9,15,19H,1-2H3. The first-order valence-corrected chi connectivity index (χ1v) is 6.31. The van der Waals surface area contributed by atoms with Crippen LogP contribution in [-0.2, 0) is 7.05 Å². The van der Waals surface area contributed by atoms with Crippen LogP contribution in [0.25, 0.3) is 10.9 Å². The molecule has 1 atom stereocenters.